The number of benzene rings is 1. The van der Waals surface area contributed by atoms with Crippen LogP contribution in [-0.4, -0.2) is 15.2 Å². The number of alkyl halides is 2. The number of carboxylic acids is 1. The minimum Gasteiger partial charge on any atom is -0.478 e. The van der Waals surface area contributed by atoms with Crippen molar-refractivity contribution >= 4 is 40.9 Å². The first-order chi connectivity index (χ1) is 6.09. The first-order valence-electron chi connectivity index (χ1n) is 3.38. The quantitative estimate of drug-likeness (QED) is 0.647. The van der Waals surface area contributed by atoms with E-state index in [2.05, 4.69) is 0 Å². The lowest BCUT2D eigenvalue weighted by Crippen LogP contribution is -1.94. The van der Waals surface area contributed by atoms with Gasteiger partial charge in [-0.25, -0.2) is 4.79 Å². The van der Waals surface area contributed by atoms with Gasteiger partial charge >= 0.3 is 5.97 Å². The van der Waals surface area contributed by atoms with Gasteiger partial charge in [-0.2, -0.15) is 0 Å². The molecule has 1 rings (SSSR count). The van der Waals surface area contributed by atoms with Gasteiger partial charge in [0.25, 0.3) is 0 Å². The molecule has 0 amide bonds. The molecule has 1 N–H and O–H groups in total. The van der Waals surface area contributed by atoms with Crippen LogP contribution in [0.5, 0.6) is 0 Å². The Hall–Kier alpha value is -0.380. The number of rotatable bonds is 3. The molecule has 0 aliphatic carbocycles. The van der Waals surface area contributed by atoms with E-state index in [1.54, 1.807) is 12.1 Å². The maximum absolute atomic E-state index is 10.5. The van der Waals surface area contributed by atoms with Crippen molar-refractivity contribution in [1.82, 2.24) is 0 Å². The Morgan fingerprint density at radius 1 is 1.31 bits per heavy atom. The van der Waals surface area contributed by atoms with Crippen molar-refractivity contribution in [3.8, 4) is 0 Å². The molecule has 0 aromatic heterocycles. The molecule has 0 aliphatic rings. The van der Waals surface area contributed by atoms with Crippen molar-refractivity contribution in [1.29, 1.82) is 0 Å². The average molecular weight is 237 g/mol. The first-order valence-corrected chi connectivity index (χ1v) is 5.13. The molecule has 0 fully saturated rings. The minimum atomic E-state index is -0.940. The van der Waals surface area contributed by atoms with Crippen molar-refractivity contribution in [3.63, 3.8) is 0 Å². The average Bonchev–Trinajstić information content (AvgIpc) is 2.04. The molecule has 1 aromatic rings. The van der Waals surface area contributed by atoms with Gasteiger partial charge in [0, 0.05) is 4.90 Å². The molecular formula is C8H6Cl2O2S. The van der Waals surface area contributed by atoms with Gasteiger partial charge in [0.1, 0.15) is 0 Å². The Morgan fingerprint density at radius 2 is 1.85 bits per heavy atom. The van der Waals surface area contributed by atoms with Gasteiger partial charge in [-0.15, -0.1) is 0 Å². The van der Waals surface area contributed by atoms with E-state index in [0.717, 1.165) is 4.90 Å². The number of thioether (sulfide) groups is 1. The van der Waals surface area contributed by atoms with Crippen molar-refractivity contribution in [3.05, 3.63) is 29.8 Å². The zero-order chi connectivity index (χ0) is 9.84. The number of halogens is 2. The largest absolute Gasteiger partial charge is 0.478 e. The van der Waals surface area contributed by atoms with Crippen LogP contribution >= 0.6 is 35.0 Å². The van der Waals surface area contributed by atoms with E-state index in [-0.39, 0.29) is 5.56 Å². The highest BCUT2D eigenvalue weighted by Crippen LogP contribution is 2.28. The molecule has 0 radical (unpaired) electrons. The summed E-state index contributed by atoms with van der Waals surface area (Å²) in [7, 11) is 0. The molecule has 13 heavy (non-hydrogen) atoms. The number of carboxylic acid groups (broad SMARTS) is 1. The fourth-order valence-electron chi connectivity index (χ4n) is 0.779. The molecule has 2 nitrogen and oxygen atoms in total. The molecule has 0 heterocycles. The van der Waals surface area contributed by atoms with E-state index in [9.17, 15) is 4.79 Å². The predicted octanol–water partition coefficient (Wildman–Crippen LogP) is 3.24. The SMILES string of the molecule is O=C(O)c1ccc(SC(Cl)Cl)cc1. The predicted molar refractivity (Wildman–Crippen MR) is 54.8 cm³/mol. The van der Waals surface area contributed by atoms with Crippen molar-refractivity contribution in [2.45, 2.75) is 9.06 Å². The Morgan fingerprint density at radius 3 is 2.23 bits per heavy atom. The number of carbonyl (C=O) groups is 1. The van der Waals surface area contributed by atoms with Crippen LogP contribution < -0.4 is 0 Å². The highest BCUT2D eigenvalue weighted by molar-refractivity contribution is 8.02. The smallest absolute Gasteiger partial charge is 0.335 e. The monoisotopic (exact) mass is 236 g/mol. The number of hydrogen-bond donors (Lipinski definition) is 1. The zero-order valence-corrected chi connectivity index (χ0v) is 8.73. The summed E-state index contributed by atoms with van der Waals surface area (Å²) in [5.41, 5.74) is 0.255. The summed E-state index contributed by atoms with van der Waals surface area (Å²) in [5, 5.41) is 8.60. The minimum absolute atomic E-state index is 0.255. The highest BCUT2D eigenvalue weighted by Gasteiger charge is 2.04. The summed E-state index contributed by atoms with van der Waals surface area (Å²) in [5.74, 6) is -0.940. The van der Waals surface area contributed by atoms with Gasteiger partial charge in [-0.05, 0) is 24.3 Å². The van der Waals surface area contributed by atoms with Crippen LogP contribution in [-0.2, 0) is 0 Å². The highest BCUT2D eigenvalue weighted by atomic mass is 35.5. The molecule has 0 saturated carbocycles. The van der Waals surface area contributed by atoms with Crippen LogP contribution in [0, 0.1) is 0 Å². The molecule has 0 saturated heterocycles. The molecule has 70 valence electrons. The van der Waals surface area contributed by atoms with E-state index in [0.29, 0.717) is 0 Å². The third-order valence-corrected chi connectivity index (χ3v) is 2.58. The molecular weight excluding hydrogens is 231 g/mol. The van der Waals surface area contributed by atoms with E-state index in [1.165, 1.54) is 23.9 Å². The molecule has 0 aliphatic heterocycles. The molecule has 0 unspecified atom stereocenters. The lowest BCUT2D eigenvalue weighted by Gasteiger charge is -2.01. The summed E-state index contributed by atoms with van der Waals surface area (Å²) in [6.07, 6.45) is 0. The molecule has 0 atom stereocenters. The Bertz CT molecular complexity index is 298. The van der Waals surface area contributed by atoms with Gasteiger partial charge in [-0.3, -0.25) is 0 Å². The summed E-state index contributed by atoms with van der Waals surface area (Å²) >= 11 is 12.3. The molecule has 0 spiro atoms. The van der Waals surface area contributed by atoms with E-state index in [4.69, 9.17) is 28.3 Å². The van der Waals surface area contributed by atoms with Crippen LogP contribution in [0.15, 0.2) is 29.2 Å². The van der Waals surface area contributed by atoms with Gasteiger partial charge in [0.05, 0.1) is 5.56 Å². The Labute approximate surface area is 89.8 Å². The van der Waals surface area contributed by atoms with E-state index < -0.39 is 10.1 Å². The van der Waals surface area contributed by atoms with Crippen LogP contribution in [0.1, 0.15) is 10.4 Å². The van der Waals surface area contributed by atoms with Gasteiger partial charge in [-0.1, -0.05) is 35.0 Å². The van der Waals surface area contributed by atoms with E-state index in [1.807, 2.05) is 0 Å². The normalized spacial score (nSPS) is 10.4. The zero-order valence-electron chi connectivity index (χ0n) is 6.41. The van der Waals surface area contributed by atoms with Crippen LogP contribution in [0.3, 0.4) is 0 Å². The Kier molecular flexibility index (Phi) is 3.90. The third-order valence-electron chi connectivity index (χ3n) is 1.33. The van der Waals surface area contributed by atoms with Gasteiger partial charge < -0.3 is 5.11 Å². The summed E-state index contributed by atoms with van der Waals surface area (Å²) in [6, 6.07) is 6.37. The van der Waals surface area contributed by atoms with Crippen LogP contribution in [0.2, 0.25) is 0 Å². The van der Waals surface area contributed by atoms with Crippen molar-refractivity contribution in [2.24, 2.45) is 0 Å². The van der Waals surface area contributed by atoms with Crippen molar-refractivity contribution < 1.29 is 9.90 Å². The third kappa shape index (κ3) is 3.46. The summed E-state index contributed by atoms with van der Waals surface area (Å²) < 4.78 is -0.532. The van der Waals surface area contributed by atoms with Crippen LogP contribution in [0.25, 0.3) is 0 Å². The number of hydrogen-bond acceptors (Lipinski definition) is 2. The second kappa shape index (κ2) is 4.74. The molecule has 0 bridgehead atoms. The molecule has 1 aromatic carbocycles. The molecule has 5 heteroatoms. The van der Waals surface area contributed by atoms with Crippen molar-refractivity contribution in [2.75, 3.05) is 0 Å². The summed E-state index contributed by atoms with van der Waals surface area (Å²) in [6.45, 7) is 0. The lowest BCUT2D eigenvalue weighted by atomic mass is 10.2. The maximum atomic E-state index is 10.5. The second-order valence-corrected chi connectivity index (χ2v) is 5.00. The second-order valence-electron chi connectivity index (χ2n) is 2.21. The Balaban J connectivity index is 2.75. The first kappa shape index (κ1) is 10.7. The fraction of sp³-hybridized carbons (Fsp3) is 0.125. The van der Waals surface area contributed by atoms with Crippen LogP contribution in [0.4, 0.5) is 0 Å². The fourth-order valence-corrected chi connectivity index (χ4v) is 1.90. The van der Waals surface area contributed by atoms with Gasteiger partial charge in [0.2, 0.25) is 0 Å². The number of aromatic carboxylic acids is 1. The summed E-state index contributed by atoms with van der Waals surface area (Å²) in [4.78, 5) is 11.3. The topological polar surface area (TPSA) is 37.3 Å². The maximum Gasteiger partial charge on any atom is 0.335 e. The lowest BCUT2D eigenvalue weighted by molar-refractivity contribution is 0.0697. The van der Waals surface area contributed by atoms with Gasteiger partial charge in [0.15, 0.2) is 4.17 Å². The standard InChI is InChI=1S/C8H6Cl2O2S/c9-8(10)13-6-3-1-5(2-4-6)7(11)12/h1-4,8H,(H,11,12). The van der Waals surface area contributed by atoms with E-state index >= 15 is 0 Å².